The number of aliphatic hydroxyl groups is 1. The number of pyridine rings is 1. The number of hydrogen-bond acceptors (Lipinski definition) is 7. The number of nitriles is 1. The zero-order valence-electron chi connectivity index (χ0n) is 25.5. The molecule has 12 heteroatoms. The molecule has 0 unspecified atom stereocenters. The van der Waals surface area contributed by atoms with E-state index in [1.165, 1.54) is 6.07 Å². The van der Waals surface area contributed by atoms with Gasteiger partial charge in [0, 0.05) is 58.6 Å². The average molecular weight is 633 g/mol. The summed E-state index contributed by atoms with van der Waals surface area (Å²) < 4.78 is 48.7. The van der Waals surface area contributed by atoms with Crippen molar-refractivity contribution in [2.75, 3.05) is 45.9 Å². The number of halogens is 3. The maximum Gasteiger partial charge on any atom is 0.416 e. The molecule has 1 atom stereocenters. The zero-order chi connectivity index (χ0) is 32.4. The number of hydrogen-bond donors (Lipinski definition) is 2. The lowest BCUT2D eigenvalue weighted by Gasteiger charge is -2.35. The number of alkyl halides is 3. The molecule has 1 amide bonds. The first kappa shape index (κ1) is 31.5. The lowest BCUT2D eigenvalue weighted by atomic mass is 9.90. The van der Waals surface area contributed by atoms with Crippen molar-refractivity contribution in [3.63, 3.8) is 0 Å². The van der Waals surface area contributed by atoms with Gasteiger partial charge < -0.3 is 19.7 Å². The van der Waals surface area contributed by atoms with Gasteiger partial charge in [-0.15, -0.1) is 0 Å². The second-order valence-corrected chi connectivity index (χ2v) is 12.0. The van der Waals surface area contributed by atoms with Crippen molar-refractivity contribution in [1.29, 1.82) is 5.26 Å². The molecule has 1 saturated heterocycles. The highest BCUT2D eigenvalue weighted by Gasteiger charge is 2.35. The lowest BCUT2D eigenvalue weighted by molar-refractivity contribution is -0.138. The van der Waals surface area contributed by atoms with E-state index in [0.29, 0.717) is 79.6 Å². The number of β-amino-alcohol motifs (C(OH)–C–C–N with tert-alkyl or cyclic N) is 1. The first-order valence-corrected chi connectivity index (χ1v) is 15.3. The monoisotopic (exact) mass is 632 g/mol. The summed E-state index contributed by atoms with van der Waals surface area (Å²) in [5.74, 6) is 0.889. The normalized spacial score (nSPS) is 17.6. The number of rotatable bonds is 8. The molecule has 0 bridgehead atoms. The fourth-order valence-electron chi connectivity index (χ4n) is 6.41. The van der Waals surface area contributed by atoms with E-state index in [1.54, 1.807) is 29.3 Å². The number of ether oxygens (including phenoxy) is 1. The number of nitrogens with zero attached hydrogens (tertiary/aromatic N) is 5. The number of fused-ring (bicyclic) bond motifs is 2. The first-order valence-electron chi connectivity index (χ1n) is 15.3. The molecule has 2 aliphatic heterocycles. The van der Waals surface area contributed by atoms with Crippen LogP contribution in [-0.4, -0.2) is 81.6 Å². The minimum Gasteiger partial charge on any atom is -0.457 e. The Morgan fingerprint density at radius 2 is 1.89 bits per heavy atom. The number of H-pyrrole nitrogens is 1. The number of piperazine rings is 1. The van der Waals surface area contributed by atoms with E-state index in [2.05, 4.69) is 20.9 Å². The summed E-state index contributed by atoms with van der Waals surface area (Å²) in [6, 6.07) is 15.4. The molecule has 2 aromatic heterocycles. The number of benzene rings is 2. The summed E-state index contributed by atoms with van der Waals surface area (Å²) in [5.41, 5.74) is 2.73. The molecule has 2 N–H and O–H groups in total. The van der Waals surface area contributed by atoms with Crippen LogP contribution in [0.25, 0.3) is 11.0 Å². The molecule has 9 nitrogen and oxygen atoms in total. The predicted molar refractivity (Wildman–Crippen MR) is 165 cm³/mol. The minimum absolute atomic E-state index is 0.0307. The highest BCUT2D eigenvalue weighted by Crippen LogP contribution is 2.36. The molecule has 2 aliphatic rings. The van der Waals surface area contributed by atoms with Crippen molar-refractivity contribution < 1.29 is 27.8 Å². The molecule has 6 rings (SSSR count). The number of aromatic amines is 1. The first-order chi connectivity index (χ1) is 22.1. The molecule has 2 aromatic carbocycles. The molecule has 0 saturated carbocycles. The van der Waals surface area contributed by atoms with Gasteiger partial charge in [-0.2, -0.15) is 18.4 Å². The third-order valence-corrected chi connectivity index (χ3v) is 8.80. The van der Waals surface area contributed by atoms with Crippen LogP contribution < -0.4 is 4.74 Å². The highest BCUT2D eigenvalue weighted by molar-refractivity contribution is 5.84. The summed E-state index contributed by atoms with van der Waals surface area (Å²) in [7, 11) is 0. The SMILES string of the molecule is C[C@H]1CN(C(=O)Cc2ccc(CN3CCN(CCO)CC3)c(C(F)(F)F)c2)Cc2cc(Oc3ccnc4[nH]c(C#N)cc34)ccc21. The molecule has 1 fully saturated rings. The Balaban J connectivity index is 1.15. The van der Waals surface area contributed by atoms with Gasteiger partial charge in [-0.3, -0.25) is 14.6 Å². The van der Waals surface area contributed by atoms with Gasteiger partial charge in [0.15, 0.2) is 0 Å². The number of aliphatic hydroxyl groups excluding tert-OH is 1. The number of nitrogens with one attached hydrogen (secondary N) is 1. The molecule has 46 heavy (non-hydrogen) atoms. The van der Waals surface area contributed by atoms with E-state index in [1.807, 2.05) is 30.0 Å². The van der Waals surface area contributed by atoms with Crippen LogP contribution in [0.3, 0.4) is 0 Å². The Bertz CT molecular complexity index is 1770. The molecule has 4 aromatic rings. The third kappa shape index (κ3) is 6.87. The van der Waals surface area contributed by atoms with E-state index in [0.717, 1.165) is 17.2 Å². The van der Waals surface area contributed by atoms with Crippen LogP contribution in [0, 0.1) is 11.3 Å². The van der Waals surface area contributed by atoms with Crippen LogP contribution >= 0.6 is 0 Å². The van der Waals surface area contributed by atoms with Crippen LogP contribution in [0.15, 0.2) is 54.7 Å². The number of aromatic nitrogens is 2. The van der Waals surface area contributed by atoms with E-state index in [4.69, 9.17) is 9.84 Å². The average Bonchev–Trinajstić information content (AvgIpc) is 3.47. The molecular weight excluding hydrogens is 597 g/mol. The summed E-state index contributed by atoms with van der Waals surface area (Å²) >= 11 is 0. The van der Waals surface area contributed by atoms with Gasteiger partial charge in [0.2, 0.25) is 5.91 Å². The van der Waals surface area contributed by atoms with Crippen LogP contribution in [0.4, 0.5) is 13.2 Å². The van der Waals surface area contributed by atoms with Crippen molar-refractivity contribution in [1.82, 2.24) is 24.7 Å². The zero-order valence-corrected chi connectivity index (χ0v) is 25.5. The Labute approximate surface area is 264 Å². The Morgan fingerprint density at radius 1 is 1.11 bits per heavy atom. The predicted octanol–water partition coefficient (Wildman–Crippen LogP) is 5.04. The van der Waals surface area contributed by atoms with Crippen LogP contribution in [-0.2, 0) is 30.5 Å². The van der Waals surface area contributed by atoms with E-state index in [9.17, 15) is 23.2 Å². The van der Waals surface area contributed by atoms with Gasteiger partial charge in [-0.05, 0) is 58.5 Å². The Hall–Kier alpha value is -4.44. The van der Waals surface area contributed by atoms with E-state index < -0.39 is 11.7 Å². The number of carbonyl (C=O) groups excluding carboxylic acids is 1. The van der Waals surface area contributed by atoms with Crippen molar-refractivity contribution in [2.24, 2.45) is 0 Å². The Kier molecular flexibility index (Phi) is 8.99. The number of amides is 1. The summed E-state index contributed by atoms with van der Waals surface area (Å²) in [6.07, 6.45) is -3.09. The maximum absolute atomic E-state index is 14.2. The smallest absolute Gasteiger partial charge is 0.416 e. The second kappa shape index (κ2) is 13.1. The minimum atomic E-state index is -4.54. The van der Waals surface area contributed by atoms with Crippen molar-refractivity contribution in [3.8, 4) is 17.6 Å². The van der Waals surface area contributed by atoms with Gasteiger partial charge in [0.1, 0.15) is 28.9 Å². The van der Waals surface area contributed by atoms with E-state index in [-0.39, 0.29) is 37.0 Å². The van der Waals surface area contributed by atoms with Gasteiger partial charge in [0.25, 0.3) is 0 Å². The van der Waals surface area contributed by atoms with E-state index >= 15 is 0 Å². The van der Waals surface area contributed by atoms with Gasteiger partial charge in [0.05, 0.1) is 24.0 Å². The maximum atomic E-state index is 14.2. The van der Waals surface area contributed by atoms with Crippen molar-refractivity contribution >= 4 is 16.9 Å². The topological polar surface area (TPSA) is 109 Å². The van der Waals surface area contributed by atoms with Crippen LogP contribution in [0.5, 0.6) is 11.5 Å². The molecule has 0 aliphatic carbocycles. The Morgan fingerprint density at radius 3 is 2.63 bits per heavy atom. The lowest BCUT2D eigenvalue weighted by Crippen LogP contribution is -2.46. The molecule has 240 valence electrons. The van der Waals surface area contributed by atoms with Gasteiger partial charge >= 0.3 is 6.18 Å². The fraction of sp³-hybridized carbons (Fsp3) is 0.382. The number of carbonyl (C=O) groups is 1. The summed E-state index contributed by atoms with van der Waals surface area (Å²) in [5, 5.41) is 19.1. The quantitative estimate of drug-likeness (QED) is 0.280. The molecular formula is C34H35F3N6O3. The van der Waals surface area contributed by atoms with Gasteiger partial charge in [-0.1, -0.05) is 25.1 Å². The molecule has 0 radical (unpaired) electrons. The van der Waals surface area contributed by atoms with Crippen LogP contribution in [0.1, 0.15) is 46.4 Å². The molecule has 0 spiro atoms. The second-order valence-electron chi connectivity index (χ2n) is 12.0. The van der Waals surface area contributed by atoms with Crippen LogP contribution in [0.2, 0.25) is 0 Å². The summed E-state index contributed by atoms with van der Waals surface area (Å²) in [4.78, 5) is 26.4. The highest BCUT2D eigenvalue weighted by atomic mass is 19.4. The molecule has 4 heterocycles. The summed E-state index contributed by atoms with van der Waals surface area (Å²) in [6.45, 7) is 6.25. The fourth-order valence-corrected chi connectivity index (χ4v) is 6.41. The third-order valence-electron chi connectivity index (χ3n) is 8.80. The standard InChI is InChI=1S/C34H35F3N6O3/c1-22-19-43(21-25-16-27(4-5-28(22)25)46-31-6-7-39-33-29(31)17-26(18-38)40-33)32(45)15-23-2-3-24(30(14-23)34(35,36)37)20-42-10-8-41(9-11-42)12-13-44/h2-7,14,16-17,22,44H,8-13,15,19-21H2,1H3,(H,39,40)/t22-/m0/s1. The van der Waals surface area contributed by atoms with Gasteiger partial charge in [-0.25, -0.2) is 4.98 Å². The van der Waals surface area contributed by atoms with Crippen molar-refractivity contribution in [2.45, 2.75) is 38.5 Å². The van der Waals surface area contributed by atoms with Crippen molar-refractivity contribution in [3.05, 3.63) is 88.2 Å². The largest absolute Gasteiger partial charge is 0.457 e.